The summed E-state index contributed by atoms with van der Waals surface area (Å²) in [6.07, 6.45) is 0. The molecule has 0 saturated heterocycles. The molecule has 1 atom stereocenters. The number of methoxy groups -OCH3 is 2. The zero-order chi connectivity index (χ0) is 14.8. The second-order valence-electron chi connectivity index (χ2n) is 5.23. The van der Waals surface area contributed by atoms with E-state index in [1.807, 2.05) is 26.2 Å². The third-order valence-electron chi connectivity index (χ3n) is 3.76. The molecule has 4 nitrogen and oxygen atoms in total. The van der Waals surface area contributed by atoms with Crippen LogP contribution in [-0.2, 0) is 0 Å². The van der Waals surface area contributed by atoms with Gasteiger partial charge < -0.3 is 20.1 Å². The normalized spacial score (nSPS) is 13.5. The lowest BCUT2D eigenvalue weighted by atomic mass is 9.87. The van der Waals surface area contributed by atoms with Crippen molar-refractivity contribution >= 4 is 15.9 Å². The molecule has 0 aliphatic rings. The predicted molar refractivity (Wildman–Crippen MR) is 81.9 cm³/mol. The van der Waals surface area contributed by atoms with Gasteiger partial charge in [0.15, 0.2) is 0 Å². The summed E-state index contributed by atoms with van der Waals surface area (Å²) in [7, 11) is 7.30. The van der Waals surface area contributed by atoms with Crippen LogP contribution in [0, 0.1) is 0 Å². The number of ether oxygens (including phenoxy) is 2. The minimum absolute atomic E-state index is 0.181. The van der Waals surface area contributed by atoms with Gasteiger partial charge in [0.05, 0.1) is 20.3 Å². The predicted octanol–water partition coefficient (Wildman–Crippen LogP) is 2.81. The van der Waals surface area contributed by atoms with Crippen molar-refractivity contribution in [2.24, 2.45) is 5.73 Å². The molecular weight excluding hydrogens is 308 g/mol. The van der Waals surface area contributed by atoms with Crippen LogP contribution in [0.3, 0.4) is 0 Å². The van der Waals surface area contributed by atoms with Gasteiger partial charge in [0.2, 0.25) is 0 Å². The summed E-state index contributed by atoms with van der Waals surface area (Å²) in [6, 6.07) is 3.67. The summed E-state index contributed by atoms with van der Waals surface area (Å²) in [5.74, 6) is 1.46. The Morgan fingerprint density at radius 2 is 1.79 bits per heavy atom. The first kappa shape index (κ1) is 16.3. The Labute approximate surface area is 124 Å². The van der Waals surface area contributed by atoms with Crippen LogP contribution in [0.2, 0.25) is 0 Å². The van der Waals surface area contributed by atoms with E-state index in [1.165, 1.54) is 0 Å². The van der Waals surface area contributed by atoms with E-state index in [0.717, 1.165) is 21.5 Å². The molecule has 1 rings (SSSR count). The van der Waals surface area contributed by atoms with Crippen LogP contribution in [-0.4, -0.2) is 38.8 Å². The molecule has 0 aliphatic heterocycles. The molecule has 1 unspecified atom stereocenters. The second kappa shape index (κ2) is 6.11. The van der Waals surface area contributed by atoms with Crippen molar-refractivity contribution in [3.05, 3.63) is 22.2 Å². The third kappa shape index (κ3) is 3.04. The Balaban J connectivity index is 3.32. The number of hydrogen-bond acceptors (Lipinski definition) is 4. The number of rotatable bonds is 5. The van der Waals surface area contributed by atoms with Crippen molar-refractivity contribution < 1.29 is 9.47 Å². The molecule has 0 aliphatic carbocycles. The van der Waals surface area contributed by atoms with Gasteiger partial charge in [0.25, 0.3) is 0 Å². The largest absolute Gasteiger partial charge is 0.495 e. The molecule has 1 aromatic carbocycles. The van der Waals surface area contributed by atoms with Crippen LogP contribution in [0.25, 0.3) is 0 Å². The first-order valence-electron chi connectivity index (χ1n) is 6.10. The fraction of sp³-hybridized carbons (Fsp3) is 0.571. The van der Waals surface area contributed by atoms with E-state index in [0.29, 0.717) is 0 Å². The summed E-state index contributed by atoms with van der Waals surface area (Å²) < 4.78 is 11.6. The number of likely N-dealkylation sites (N-methyl/N-ethyl adjacent to an activating group) is 1. The van der Waals surface area contributed by atoms with E-state index in [2.05, 4.69) is 34.7 Å². The van der Waals surface area contributed by atoms with E-state index in [9.17, 15) is 0 Å². The Morgan fingerprint density at radius 3 is 2.21 bits per heavy atom. The summed E-state index contributed by atoms with van der Waals surface area (Å²) in [6.45, 7) is 4.21. The highest BCUT2D eigenvalue weighted by molar-refractivity contribution is 9.10. The van der Waals surface area contributed by atoms with Crippen LogP contribution < -0.4 is 15.2 Å². The first-order valence-corrected chi connectivity index (χ1v) is 6.90. The molecule has 0 spiro atoms. The topological polar surface area (TPSA) is 47.7 Å². The molecule has 0 radical (unpaired) electrons. The van der Waals surface area contributed by atoms with Crippen LogP contribution >= 0.6 is 15.9 Å². The van der Waals surface area contributed by atoms with Gasteiger partial charge in [-0.3, -0.25) is 0 Å². The maximum atomic E-state index is 6.43. The van der Waals surface area contributed by atoms with E-state index in [1.54, 1.807) is 14.2 Å². The van der Waals surface area contributed by atoms with E-state index < -0.39 is 0 Å². The average Bonchev–Trinajstić information content (AvgIpc) is 2.37. The molecule has 5 heteroatoms. The van der Waals surface area contributed by atoms with Crippen molar-refractivity contribution in [2.45, 2.75) is 25.4 Å². The molecule has 2 N–H and O–H groups in total. The Kier molecular flexibility index (Phi) is 5.24. The van der Waals surface area contributed by atoms with Crippen molar-refractivity contribution in [3.63, 3.8) is 0 Å². The number of hydrogen-bond donors (Lipinski definition) is 1. The van der Waals surface area contributed by atoms with Crippen LogP contribution in [0.5, 0.6) is 11.5 Å². The van der Waals surface area contributed by atoms with Crippen LogP contribution in [0.15, 0.2) is 16.6 Å². The van der Waals surface area contributed by atoms with Gasteiger partial charge in [-0.2, -0.15) is 0 Å². The highest BCUT2D eigenvalue weighted by atomic mass is 79.9. The number of nitrogens with two attached hydrogens (primary N) is 1. The van der Waals surface area contributed by atoms with E-state index in [-0.39, 0.29) is 11.6 Å². The fourth-order valence-electron chi connectivity index (χ4n) is 1.82. The minimum atomic E-state index is -0.193. The molecule has 0 fully saturated rings. The standard InChI is InChI=1S/C14H23BrN2O2/c1-14(2,17(3)4)13(16)9-7-8-10(18-5)11(15)12(9)19-6/h7-8,13H,16H2,1-6H3. The van der Waals surface area contributed by atoms with Crippen molar-refractivity contribution in [3.8, 4) is 11.5 Å². The van der Waals surface area contributed by atoms with Gasteiger partial charge in [-0.05, 0) is 56.0 Å². The van der Waals surface area contributed by atoms with Crippen LogP contribution in [0.4, 0.5) is 0 Å². The Hall–Kier alpha value is -0.780. The molecule has 108 valence electrons. The maximum Gasteiger partial charge on any atom is 0.141 e. The molecule has 0 heterocycles. The van der Waals surface area contributed by atoms with Crippen molar-refractivity contribution in [1.29, 1.82) is 0 Å². The number of benzene rings is 1. The van der Waals surface area contributed by atoms with Gasteiger partial charge in [0, 0.05) is 11.1 Å². The smallest absolute Gasteiger partial charge is 0.141 e. The van der Waals surface area contributed by atoms with Gasteiger partial charge in [-0.25, -0.2) is 0 Å². The van der Waals surface area contributed by atoms with Gasteiger partial charge >= 0.3 is 0 Å². The van der Waals surface area contributed by atoms with Crippen LogP contribution in [0.1, 0.15) is 25.5 Å². The van der Waals surface area contributed by atoms with Gasteiger partial charge in [-0.1, -0.05) is 0 Å². The summed E-state index contributed by atoms with van der Waals surface area (Å²) >= 11 is 3.51. The first-order chi connectivity index (χ1) is 8.77. The highest BCUT2D eigenvalue weighted by Crippen LogP contribution is 2.42. The van der Waals surface area contributed by atoms with Crippen molar-refractivity contribution in [1.82, 2.24) is 4.90 Å². The SMILES string of the molecule is COc1ccc(C(N)C(C)(C)N(C)C)c(OC)c1Br. The Bertz CT molecular complexity index is 447. The Morgan fingerprint density at radius 1 is 1.21 bits per heavy atom. The van der Waals surface area contributed by atoms with Gasteiger partial charge in [0.1, 0.15) is 16.0 Å². The molecule has 0 aromatic heterocycles. The quantitative estimate of drug-likeness (QED) is 0.901. The van der Waals surface area contributed by atoms with E-state index in [4.69, 9.17) is 15.2 Å². The summed E-state index contributed by atoms with van der Waals surface area (Å²) in [5, 5.41) is 0. The number of halogens is 1. The fourth-order valence-corrected chi connectivity index (χ4v) is 2.51. The molecule has 0 amide bonds. The highest BCUT2D eigenvalue weighted by Gasteiger charge is 2.32. The molecule has 19 heavy (non-hydrogen) atoms. The lowest BCUT2D eigenvalue weighted by molar-refractivity contribution is 0.157. The minimum Gasteiger partial charge on any atom is -0.495 e. The zero-order valence-electron chi connectivity index (χ0n) is 12.5. The monoisotopic (exact) mass is 330 g/mol. The molecule has 1 aromatic rings. The maximum absolute atomic E-state index is 6.43. The second-order valence-corrected chi connectivity index (χ2v) is 6.02. The molecule has 0 bridgehead atoms. The third-order valence-corrected chi connectivity index (χ3v) is 4.52. The van der Waals surface area contributed by atoms with Gasteiger partial charge in [-0.15, -0.1) is 0 Å². The van der Waals surface area contributed by atoms with Crippen molar-refractivity contribution in [2.75, 3.05) is 28.3 Å². The molecule has 0 saturated carbocycles. The zero-order valence-corrected chi connectivity index (χ0v) is 14.0. The lowest BCUT2D eigenvalue weighted by Gasteiger charge is -2.38. The molecular formula is C14H23BrN2O2. The summed E-state index contributed by atoms with van der Waals surface area (Å²) in [4.78, 5) is 2.11. The number of nitrogens with zero attached hydrogens (tertiary/aromatic N) is 1. The lowest BCUT2D eigenvalue weighted by Crippen LogP contribution is -2.47. The summed E-state index contributed by atoms with van der Waals surface area (Å²) in [5.41, 5.74) is 7.19. The van der Waals surface area contributed by atoms with E-state index >= 15 is 0 Å². The average molecular weight is 331 g/mol.